The van der Waals surface area contributed by atoms with Gasteiger partial charge in [-0.05, 0) is 171 Å². The molecule has 15 rings (SSSR count). The number of carbonyl (C=O) groups excluding carboxylic acids is 5. The molecule has 12 aliphatic rings. The molecule has 3 aromatic rings. The van der Waals surface area contributed by atoms with Crippen molar-refractivity contribution in [1.29, 1.82) is 5.26 Å². The van der Waals surface area contributed by atoms with E-state index in [-0.39, 0.29) is 143 Å². The molecule has 32 heteroatoms. The van der Waals surface area contributed by atoms with Gasteiger partial charge in [-0.25, -0.2) is 18.4 Å². The van der Waals surface area contributed by atoms with E-state index in [0.29, 0.717) is 62.4 Å². The van der Waals surface area contributed by atoms with E-state index < -0.39 is 91.6 Å². The van der Waals surface area contributed by atoms with E-state index in [0.717, 1.165) is 36.3 Å². The van der Waals surface area contributed by atoms with Gasteiger partial charge in [-0.2, -0.15) is 5.26 Å². The largest absolute Gasteiger partial charge is 0.482 e. The van der Waals surface area contributed by atoms with Crippen molar-refractivity contribution in [2.75, 3.05) is 72.2 Å². The lowest BCUT2D eigenvalue weighted by Crippen LogP contribution is -2.65. The number of carboxylic acid groups (broad SMARTS) is 1. The Balaban J connectivity index is 0.000000183. The van der Waals surface area contributed by atoms with Crippen molar-refractivity contribution < 1.29 is 95.0 Å². The number of nitrogens with two attached hydrogens (primary N) is 1. The van der Waals surface area contributed by atoms with Crippen molar-refractivity contribution in [2.24, 2.45) is 40.2 Å². The van der Waals surface area contributed by atoms with Gasteiger partial charge < -0.3 is 88.5 Å². The van der Waals surface area contributed by atoms with Crippen LogP contribution in [0.25, 0.3) is 0 Å². The van der Waals surface area contributed by atoms with Gasteiger partial charge in [0.05, 0.1) is 112 Å². The number of nitriles is 1. The van der Waals surface area contributed by atoms with Crippen molar-refractivity contribution in [3.63, 3.8) is 0 Å². The molecule has 6 saturated carbocycles. The second kappa shape index (κ2) is 38.1. The lowest BCUT2D eigenvalue weighted by molar-refractivity contribution is -0.199. The molecule has 5 amide bonds. The number of amides is 5. The summed E-state index contributed by atoms with van der Waals surface area (Å²) in [5, 5.41) is 43.5. The number of alkyl halides is 2. The maximum Gasteiger partial charge on any atom is 0.482 e. The summed E-state index contributed by atoms with van der Waals surface area (Å²) in [7, 11) is -2.56. The SMILES string of the molecule is CC(C)(C)OC(=O)N1CCO[C@H](CC(=O)N[C@@H](Cc2ccccc2)B2O[C@@H]3C[C@@H]4C[C@@H](C4(C)C)[C@]3(C)O2)C1.CC(C)(C)OC(=O)N1CCO[C@H](CC(=O)O)C1.CC(C)(C=C(C#N)C(=O)N1CCO[C@H](CC(=O)N[C@@H](Cc2ccccc2)B(O)O)C1)N1CCC(F)(F)C1.CC1(C)[C@@H]2C[C@H]3OB([C@@H](N)Cc4ccccc4)O[C@@]3(C)[C@H]1C2.Cl. The molecule has 632 valence electrons. The van der Waals surface area contributed by atoms with Crippen molar-refractivity contribution >= 4 is 69.6 Å². The molecule has 0 spiro atoms. The van der Waals surface area contributed by atoms with Crippen LogP contribution >= 0.6 is 12.4 Å². The Hall–Kier alpha value is -6.79. The van der Waals surface area contributed by atoms with Crippen LogP contribution in [0.2, 0.25) is 0 Å². The van der Waals surface area contributed by atoms with E-state index in [4.69, 9.17) is 53.1 Å². The van der Waals surface area contributed by atoms with Crippen molar-refractivity contribution in [2.45, 2.75) is 250 Å². The van der Waals surface area contributed by atoms with Crippen LogP contribution in [0.4, 0.5) is 18.4 Å². The lowest BCUT2D eigenvalue weighted by Gasteiger charge is -2.64. The van der Waals surface area contributed by atoms with Crippen molar-refractivity contribution in [3.05, 3.63) is 119 Å². The van der Waals surface area contributed by atoms with Crippen LogP contribution in [0.5, 0.6) is 0 Å². The molecule has 115 heavy (non-hydrogen) atoms. The van der Waals surface area contributed by atoms with E-state index in [9.17, 15) is 52.9 Å². The zero-order valence-electron chi connectivity index (χ0n) is 69.4. The first-order chi connectivity index (χ1) is 53.4. The fraction of sp³-hybridized carbons (Fsp3) is 0.675. The summed E-state index contributed by atoms with van der Waals surface area (Å²) in [5.41, 5.74) is 7.51. The summed E-state index contributed by atoms with van der Waals surface area (Å²) in [5.74, 6) is -3.78. The van der Waals surface area contributed by atoms with Crippen LogP contribution in [-0.4, -0.2) is 246 Å². The Morgan fingerprint density at radius 2 is 1.03 bits per heavy atom. The summed E-state index contributed by atoms with van der Waals surface area (Å²) >= 11 is 0. The Morgan fingerprint density at radius 3 is 1.46 bits per heavy atom. The number of likely N-dealkylation sites (tertiary alicyclic amines) is 1. The fourth-order valence-corrected chi connectivity index (χ4v) is 18.1. The molecule has 7 N–H and O–H groups in total. The van der Waals surface area contributed by atoms with Gasteiger partial charge >= 0.3 is 39.5 Å². The van der Waals surface area contributed by atoms with E-state index >= 15 is 0 Å². The van der Waals surface area contributed by atoms with E-state index in [1.54, 1.807) is 44.4 Å². The van der Waals surface area contributed by atoms with Gasteiger partial charge in [0.2, 0.25) is 11.8 Å². The minimum absolute atomic E-state index is 0. The third-order valence-corrected chi connectivity index (χ3v) is 24.6. The fourth-order valence-electron chi connectivity index (χ4n) is 18.1. The monoisotopic (exact) mass is 1620 g/mol. The van der Waals surface area contributed by atoms with Crippen LogP contribution in [0.3, 0.4) is 0 Å². The Labute approximate surface area is 684 Å². The highest BCUT2D eigenvalue weighted by molar-refractivity contribution is 6.48. The topological polar surface area (TPSA) is 333 Å². The number of carbonyl (C=O) groups is 6. The number of nitrogens with one attached hydrogen (secondary N) is 2. The summed E-state index contributed by atoms with van der Waals surface area (Å²) in [4.78, 5) is 79.9. The molecule has 6 saturated heterocycles. The number of halogens is 3. The number of nitrogens with zero attached hydrogens (tertiary/aromatic N) is 5. The molecule has 12 fully saturated rings. The van der Waals surface area contributed by atoms with Gasteiger partial charge in [0, 0.05) is 50.6 Å². The summed E-state index contributed by atoms with van der Waals surface area (Å²) < 4.78 is 80.8. The molecule has 0 aromatic heterocycles. The average Bonchev–Trinajstić information content (AvgIpc) is 1.62. The maximum atomic E-state index is 13.7. The lowest BCUT2D eigenvalue weighted by atomic mass is 9.43. The number of ether oxygens (including phenoxy) is 5. The third kappa shape index (κ3) is 23.8. The average molecular weight is 1630 g/mol. The van der Waals surface area contributed by atoms with Crippen LogP contribution in [0, 0.1) is 45.8 Å². The second-order valence-electron chi connectivity index (χ2n) is 36.6. The maximum absolute atomic E-state index is 13.7. The number of carboxylic acids is 1. The number of morpholine rings is 3. The van der Waals surface area contributed by atoms with Gasteiger partial charge in [-0.3, -0.25) is 24.1 Å². The number of rotatable bonds is 20. The van der Waals surface area contributed by atoms with Gasteiger partial charge in [0.1, 0.15) is 22.8 Å². The first kappa shape index (κ1) is 92.1. The third-order valence-electron chi connectivity index (χ3n) is 24.6. The van der Waals surface area contributed by atoms with Crippen molar-refractivity contribution in [1.82, 2.24) is 30.2 Å². The molecular formula is C83H122B3ClF2N8O18. The predicted molar refractivity (Wildman–Crippen MR) is 432 cm³/mol. The van der Waals surface area contributed by atoms with Gasteiger partial charge in [0.25, 0.3) is 11.8 Å². The molecular weight excluding hydrogens is 1500 g/mol. The summed E-state index contributed by atoms with van der Waals surface area (Å²) in [6, 6.07) is 31.5. The molecule has 6 heterocycles. The Morgan fingerprint density at radius 1 is 0.617 bits per heavy atom. The zero-order valence-corrected chi connectivity index (χ0v) is 70.2. The minimum Gasteiger partial charge on any atom is -0.481 e. The molecule has 0 radical (unpaired) electrons. The molecule has 6 aliphatic heterocycles. The standard InChI is InChI=1S/C29H43BN2O6.C25H33BF2N4O5.C18H26BNO2.C11H19NO5.ClH/c1-27(2,3)36-26(34)32-12-13-35-21(18-32)17-25(33)31-24(14-19-10-8-7-9-11-19)30-37-23-16-20-15-22(28(20,4)5)29(23,6)38-30;1-24(2,32-9-8-25(27,28)17-32)14-19(15-29)23(34)31-10-11-37-20(16-31)13-22(33)30-21(26(35)36)12-18-6-4-3-5-7-18;1-17(2)13-10-14(17)18(3)15(11-13)21-19(22-18)16(20)9-12-7-5-4-6-8-12;1-11(2,3)17-10(15)12-4-5-16-8(7-12)6-9(13)14;/h7-11,20-24H,12-18H2,1-6H3,(H,31,33);3-7,14,20-21,35-36H,8-13,16-17H2,1-2H3,(H,30,33);4-8,13-16H,9-11,20H2,1-3H3;8H,4-7H2,1-3H3,(H,13,14);1H/t20-,21+,22-,23+,24-,29-;20-,21+;13-,14-,15+,16-,18-;8-;/m0101./s1. The number of aliphatic carboxylic acids is 1. The number of hydrogen-bond donors (Lipinski definition) is 6. The molecule has 3 aromatic carbocycles. The van der Waals surface area contributed by atoms with E-state index in [2.05, 4.69) is 88.6 Å². The zero-order chi connectivity index (χ0) is 83.1. The highest BCUT2D eigenvalue weighted by Gasteiger charge is 2.70. The van der Waals surface area contributed by atoms with Gasteiger partial charge in [0.15, 0.2) is 0 Å². The van der Waals surface area contributed by atoms with Crippen molar-refractivity contribution in [3.8, 4) is 6.07 Å². The smallest absolute Gasteiger partial charge is 0.481 e. The Kier molecular flexibility index (Phi) is 30.5. The van der Waals surface area contributed by atoms with Gasteiger partial charge in [-0.1, -0.05) is 119 Å². The molecule has 14 atom stereocenters. The number of benzene rings is 3. The van der Waals surface area contributed by atoms with Crippen LogP contribution < -0.4 is 16.4 Å². The van der Waals surface area contributed by atoms with Crippen LogP contribution in [-0.2, 0) is 80.7 Å². The molecule has 0 unspecified atom stereocenters. The van der Waals surface area contributed by atoms with Crippen LogP contribution in [0.1, 0.15) is 165 Å². The highest BCUT2D eigenvalue weighted by Crippen LogP contribution is 2.67. The predicted octanol–water partition coefficient (Wildman–Crippen LogP) is 9.26. The summed E-state index contributed by atoms with van der Waals surface area (Å²) in [6.07, 6.45) is 5.24. The quantitative estimate of drug-likeness (QED) is 0.0348. The normalized spacial score (nSPS) is 28.4. The highest BCUT2D eigenvalue weighted by atomic mass is 35.5. The number of hydrogen-bond acceptors (Lipinski definition) is 20. The van der Waals surface area contributed by atoms with Gasteiger partial charge in [-0.15, -0.1) is 12.4 Å². The first-order valence-corrected chi connectivity index (χ1v) is 40.5. The minimum atomic E-state index is -2.80. The van der Waals surface area contributed by atoms with E-state index in [1.165, 1.54) is 34.3 Å². The molecule has 4 bridgehead atoms. The van der Waals surface area contributed by atoms with E-state index in [1.807, 2.05) is 81.4 Å². The molecule has 6 aliphatic carbocycles. The first-order valence-electron chi connectivity index (χ1n) is 40.5. The van der Waals surface area contributed by atoms with Crippen LogP contribution in [0.15, 0.2) is 103 Å². The second-order valence-corrected chi connectivity index (χ2v) is 36.6. The molecule has 26 nitrogen and oxygen atoms in total. The Bertz CT molecular complexity index is 3860. The summed E-state index contributed by atoms with van der Waals surface area (Å²) in [6.45, 7) is 30.5.